The third-order valence-corrected chi connectivity index (χ3v) is 4.23. The van der Waals surface area contributed by atoms with E-state index in [4.69, 9.17) is 9.40 Å². The Morgan fingerprint density at radius 1 is 1.04 bits per heavy atom. The molecule has 2 N–H and O–H groups in total. The number of amides is 1. The number of aromatic nitrogens is 3. The van der Waals surface area contributed by atoms with E-state index in [1.54, 1.807) is 6.92 Å². The molecule has 0 aliphatic heterocycles. The maximum Gasteiger partial charge on any atom is 0.316 e. The number of para-hydroxylation sites is 1. The molecule has 0 radical (unpaired) electrons. The van der Waals surface area contributed by atoms with Gasteiger partial charge in [-0.3, -0.25) is 9.78 Å². The molecule has 7 nitrogen and oxygen atoms in total. The SMILES string of the molecule is CC#CCNc1nnc(C(=O)NCc2nc3ccccc3c3ccccc23)o1. The van der Waals surface area contributed by atoms with Crippen LogP contribution in [-0.2, 0) is 6.54 Å². The number of nitrogens with zero attached hydrogens (tertiary/aromatic N) is 3. The summed E-state index contributed by atoms with van der Waals surface area (Å²) in [6.45, 7) is 2.35. The molecule has 4 aromatic rings. The van der Waals surface area contributed by atoms with E-state index in [0.29, 0.717) is 6.54 Å². The lowest BCUT2D eigenvalue weighted by Gasteiger charge is -2.10. The molecule has 28 heavy (non-hydrogen) atoms. The number of hydrogen-bond acceptors (Lipinski definition) is 6. The van der Waals surface area contributed by atoms with Gasteiger partial charge < -0.3 is 15.1 Å². The Hall–Kier alpha value is -3.92. The summed E-state index contributed by atoms with van der Waals surface area (Å²) in [7, 11) is 0. The van der Waals surface area contributed by atoms with Crippen molar-refractivity contribution in [2.45, 2.75) is 13.5 Å². The van der Waals surface area contributed by atoms with E-state index < -0.39 is 5.91 Å². The average molecular weight is 371 g/mol. The molecular formula is C21H17N5O2. The van der Waals surface area contributed by atoms with Crippen molar-refractivity contribution >= 4 is 33.6 Å². The number of nitrogens with one attached hydrogen (secondary N) is 2. The number of fused-ring (bicyclic) bond motifs is 3. The highest BCUT2D eigenvalue weighted by Gasteiger charge is 2.15. The normalized spacial score (nSPS) is 10.5. The zero-order valence-corrected chi connectivity index (χ0v) is 15.2. The highest BCUT2D eigenvalue weighted by molar-refractivity contribution is 6.06. The zero-order chi connectivity index (χ0) is 19.3. The maximum atomic E-state index is 12.4. The molecule has 0 atom stereocenters. The predicted octanol–water partition coefficient (Wildman–Crippen LogP) is 3.14. The number of benzene rings is 2. The summed E-state index contributed by atoms with van der Waals surface area (Å²) < 4.78 is 5.30. The molecule has 2 aromatic carbocycles. The fourth-order valence-corrected chi connectivity index (χ4v) is 2.94. The summed E-state index contributed by atoms with van der Waals surface area (Å²) in [6, 6.07) is 16.1. The monoisotopic (exact) mass is 371 g/mol. The second-order valence-corrected chi connectivity index (χ2v) is 6.00. The largest absolute Gasteiger partial charge is 0.399 e. The van der Waals surface area contributed by atoms with Crippen LogP contribution in [0, 0.1) is 11.8 Å². The van der Waals surface area contributed by atoms with Gasteiger partial charge in [0.15, 0.2) is 0 Å². The van der Waals surface area contributed by atoms with Crippen LogP contribution in [0.5, 0.6) is 0 Å². The van der Waals surface area contributed by atoms with Crippen LogP contribution in [-0.4, -0.2) is 27.6 Å². The van der Waals surface area contributed by atoms with E-state index in [9.17, 15) is 4.79 Å². The third kappa shape index (κ3) is 3.48. The Bertz CT molecular complexity index is 1220. The first-order chi connectivity index (χ1) is 13.8. The summed E-state index contributed by atoms with van der Waals surface area (Å²) in [5.41, 5.74) is 1.66. The van der Waals surface area contributed by atoms with Gasteiger partial charge in [0, 0.05) is 10.8 Å². The molecular weight excluding hydrogens is 354 g/mol. The Morgan fingerprint density at radius 3 is 2.61 bits per heavy atom. The van der Waals surface area contributed by atoms with Gasteiger partial charge in [0.25, 0.3) is 0 Å². The Balaban J connectivity index is 1.55. The molecule has 138 valence electrons. The van der Waals surface area contributed by atoms with Crippen LogP contribution in [0.25, 0.3) is 21.7 Å². The second-order valence-electron chi connectivity index (χ2n) is 6.00. The lowest BCUT2D eigenvalue weighted by atomic mass is 10.0. The third-order valence-electron chi connectivity index (χ3n) is 4.23. The molecule has 0 spiro atoms. The first-order valence-electron chi connectivity index (χ1n) is 8.78. The summed E-state index contributed by atoms with van der Waals surface area (Å²) in [4.78, 5) is 17.1. The standard InChI is InChI=1S/C21H17N5O2/c1-2-3-12-22-21-26-25-20(28-21)19(27)23-13-18-16-10-5-4-8-14(16)15-9-6-7-11-17(15)24-18/h4-11H,12-13H2,1H3,(H,22,26)(H,23,27). The van der Waals surface area contributed by atoms with Crippen molar-refractivity contribution in [2.75, 3.05) is 11.9 Å². The van der Waals surface area contributed by atoms with Crippen LogP contribution < -0.4 is 10.6 Å². The molecule has 0 saturated carbocycles. The van der Waals surface area contributed by atoms with Crippen molar-refractivity contribution in [3.05, 3.63) is 60.1 Å². The molecule has 2 aromatic heterocycles. The molecule has 0 bridgehead atoms. The van der Waals surface area contributed by atoms with Crippen molar-refractivity contribution < 1.29 is 9.21 Å². The number of hydrogen-bond donors (Lipinski definition) is 2. The Kier molecular flexibility index (Phi) is 4.85. The van der Waals surface area contributed by atoms with Crippen LogP contribution in [0.1, 0.15) is 23.3 Å². The first kappa shape index (κ1) is 17.5. The molecule has 2 heterocycles. The van der Waals surface area contributed by atoms with Gasteiger partial charge >= 0.3 is 17.8 Å². The minimum Gasteiger partial charge on any atom is -0.399 e. The first-order valence-corrected chi connectivity index (χ1v) is 8.78. The van der Waals surface area contributed by atoms with Crippen LogP contribution in [0.3, 0.4) is 0 Å². The molecule has 0 unspecified atom stereocenters. The highest BCUT2D eigenvalue weighted by Crippen LogP contribution is 2.26. The zero-order valence-electron chi connectivity index (χ0n) is 15.2. The van der Waals surface area contributed by atoms with Crippen LogP contribution in [0.2, 0.25) is 0 Å². The summed E-state index contributed by atoms with van der Waals surface area (Å²) in [6.07, 6.45) is 0. The fourth-order valence-electron chi connectivity index (χ4n) is 2.94. The van der Waals surface area contributed by atoms with Gasteiger partial charge in [0.1, 0.15) is 0 Å². The van der Waals surface area contributed by atoms with Crippen LogP contribution >= 0.6 is 0 Å². The van der Waals surface area contributed by atoms with Gasteiger partial charge in [-0.1, -0.05) is 53.5 Å². The highest BCUT2D eigenvalue weighted by atomic mass is 16.4. The molecule has 7 heteroatoms. The van der Waals surface area contributed by atoms with E-state index in [1.165, 1.54) is 0 Å². The van der Waals surface area contributed by atoms with Crippen molar-refractivity contribution in [2.24, 2.45) is 0 Å². The van der Waals surface area contributed by atoms with E-state index in [0.717, 1.165) is 27.4 Å². The van der Waals surface area contributed by atoms with E-state index in [2.05, 4.69) is 38.7 Å². The molecule has 1 amide bonds. The van der Waals surface area contributed by atoms with Crippen LogP contribution in [0.4, 0.5) is 6.01 Å². The van der Waals surface area contributed by atoms with Gasteiger partial charge in [-0.25, -0.2) is 0 Å². The quantitative estimate of drug-likeness (QED) is 0.414. The maximum absolute atomic E-state index is 12.4. The lowest BCUT2D eigenvalue weighted by Crippen LogP contribution is -2.23. The van der Waals surface area contributed by atoms with Crippen molar-refractivity contribution in [3.8, 4) is 11.8 Å². The second kappa shape index (κ2) is 7.76. The predicted molar refractivity (Wildman–Crippen MR) is 107 cm³/mol. The van der Waals surface area contributed by atoms with Crippen LogP contribution in [0.15, 0.2) is 52.9 Å². The average Bonchev–Trinajstić information content (AvgIpc) is 3.21. The molecule has 0 fully saturated rings. The Morgan fingerprint density at radius 2 is 1.79 bits per heavy atom. The molecule has 0 saturated heterocycles. The topological polar surface area (TPSA) is 92.9 Å². The molecule has 4 rings (SSSR count). The number of carbonyl (C=O) groups excluding carboxylic acids is 1. The summed E-state index contributed by atoms with van der Waals surface area (Å²) in [5, 5.41) is 16.3. The lowest BCUT2D eigenvalue weighted by molar-refractivity contribution is 0.0916. The minimum absolute atomic E-state index is 0.114. The number of pyridine rings is 1. The molecule has 0 aliphatic carbocycles. The number of carbonyl (C=O) groups is 1. The smallest absolute Gasteiger partial charge is 0.316 e. The number of anilines is 1. The summed E-state index contributed by atoms with van der Waals surface area (Å²) in [5.74, 6) is 4.99. The van der Waals surface area contributed by atoms with E-state index >= 15 is 0 Å². The Labute approximate surface area is 161 Å². The van der Waals surface area contributed by atoms with E-state index in [-0.39, 0.29) is 18.5 Å². The van der Waals surface area contributed by atoms with Gasteiger partial charge in [0.2, 0.25) is 0 Å². The van der Waals surface area contributed by atoms with Gasteiger partial charge in [-0.05, 0) is 18.4 Å². The minimum atomic E-state index is -0.457. The van der Waals surface area contributed by atoms with Crippen molar-refractivity contribution in [3.63, 3.8) is 0 Å². The fraction of sp³-hybridized carbons (Fsp3) is 0.143. The van der Waals surface area contributed by atoms with Gasteiger partial charge in [-0.2, -0.15) is 0 Å². The van der Waals surface area contributed by atoms with Crippen molar-refractivity contribution in [1.82, 2.24) is 20.5 Å². The number of rotatable bonds is 5. The van der Waals surface area contributed by atoms with E-state index in [1.807, 2.05) is 42.5 Å². The molecule has 0 aliphatic rings. The van der Waals surface area contributed by atoms with Gasteiger partial charge in [-0.15, -0.1) is 11.0 Å². The van der Waals surface area contributed by atoms with Gasteiger partial charge in [0.05, 0.1) is 24.3 Å². The summed E-state index contributed by atoms with van der Waals surface area (Å²) >= 11 is 0. The van der Waals surface area contributed by atoms with Crippen molar-refractivity contribution in [1.29, 1.82) is 0 Å².